The van der Waals surface area contributed by atoms with Crippen LogP contribution in [0.1, 0.15) is 6.42 Å². The van der Waals surface area contributed by atoms with E-state index in [4.69, 9.17) is 0 Å². The van der Waals surface area contributed by atoms with Gasteiger partial charge < -0.3 is 0 Å². The van der Waals surface area contributed by atoms with Gasteiger partial charge in [0.05, 0.1) is 10.1 Å². The fourth-order valence-electron chi connectivity index (χ4n) is 0.474. The lowest BCUT2D eigenvalue weighted by Gasteiger charge is -2.04. The molecular weight excluding hydrogens is 235 g/mol. The van der Waals surface area contributed by atoms with E-state index in [-0.39, 0.29) is 12.3 Å². The second kappa shape index (κ2) is 2.42. The molecule has 1 N–H and O–H groups in total. The van der Waals surface area contributed by atoms with E-state index in [0.717, 1.165) is 0 Å². The summed E-state index contributed by atoms with van der Waals surface area (Å²) in [5, 5.41) is 2.04. The van der Waals surface area contributed by atoms with E-state index in [2.05, 4.69) is 4.99 Å². The van der Waals surface area contributed by atoms with Crippen LogP contribution in [-0.2, 0) is 4.79 Å². The zero-order valence-corrected chi connectivity index (χ0v) is 6.51. The maximum Gasteiger partial charge on any atom is 0.348 e. The van der Waals surface area contributed by atoms with Crippen molar-refractivity contribution in [1.82, 2.24) is 5.32 Å². The Hall–Kier alpha value is -0.460. The van der Waals surface area contributed by atoms with Gasteiger partial charge in [-0.3, -0.25) is 10.1 Å². The summed E-state index contributed by atoms with van der Waals surface area (Å²) in [5.41, 5.74) is 0. The van der Waals surface area contributed by atoms with Crippen molar-refractivity contribution in [3.05, 3.63) is 0 Å². The van der Waals surface area contributed by atoms with Gasteiger partial charge in [0.2, 0.25) is 5.91 Å². The number of urea groups is 1. The van der Waals surface area contributed by atoms with Gasteiger partial charge in [-0.15, -0.1) is 0 Å². The van der Waals surface area contributed by atoms with E-state index >= 15 is 0 Å². The molecular formula is C4H3IN2O2. The van der Waals surface area contributed by atoms with Gasteiger partial charge in [-0.1, -0.05) is 0 Å². The molecule has 0 saturated carbocycles. The van der Waals surface area contributed by atoms with E-state index < -0.39 is 6.03 Å². The van der Waals surface area contributed by atoms with Crippen LogP contribution in [0.2, 0.25) is 0 Å². The first-order chi connectivity index (χ1) is 4.18. The maximum absolute atomic E-state index is 10.5. The number of rotatable bonds is 0. The van der Waals surface area contributed by atoms with Crippen molar-refractivity contribution in [2.75, 3.05) is 0 Å². The first kappa shape index (κ1) is 6.66. The summed E-state index contributed by atoms with van der Waals surface area (Å²) in [7, 11) is 0. The predicted molar refractivity (Wildman–Crippen MR) is 39.6 cm³/mol. The Balaban J connectivity index is 2.79. The molecule has 0 bridgehead atoms. The third-order valence-corrected chi connectivity index (χ3v) is 1.40. The van der Waals surface area contributed by atoms with E-state index in [9.17, 15) is 9.59 Å². The zero-order valence-electron chi connectivity index (χ0n) is 4.35. The molecule has 0 unspecified atom stereocenters. The van der Waals surface area contributed by atoms with Crippen LogP contribution in [0.5, 0.6) is 0 Å². The molecule has 1 aliphatic heterocycles. The van der Waals surface area contributed by atoms with Gasteiger partial charge in [0.1, 0.15) is 0 Å². The Morgan fingerprint density at radius 2 is 2.22 bits per heavy atom. The van der Waals surface area contributed by atoms with Crippen LogP contribution in [0, 0.1) is 0 Å². The fourth-order valence-corrected chi connectivity index (χ4v) is 1.04. The highest BCUT2D eigenvalue weighted by Crippen LogP contribution is 2.01. The van der Waals surface area contributed by atoms with Crippen LogP contribution >= 0.6 is 22.6 Å². The lowest BCUT2D eigenvalue weighted by Crippen LogP contribution is -2.33. The van der Waals surface area contributed by atoms with Crippen molar-refractivity contribution in [3.63, 3.8) is 0 Å². The average molecular weight is 238 g/mol. The molecule has 1 aliphatic rings. The normalized spacial score (nSPS) is 19.0. The molecule has 0 spiro atoms. The lowest BCUT2D eigenvalue weighted by molar-refractivity contribution is -0.118. The van der Waals surface area contributed by atoms with Gasteiger partial charge in [-0.05, 0) is 22.6 Å². The Morgan fingerprint density at radius 3 is 2.67 bits per heavy atom. The number of hydrogen-bond donors (Lipinski definition) is 1. The molecule has 0 aromatic carbocycles. The second-order valence-electron chi connectivity index (χ2n) is 1.52. The summed E-state index contributed by atoms with van der Waals surface area (Å²) >= 11 is 1.86. The van der Waals surface area contributed by atoms with Crippen LogP contribution in [0.4, 0.5) is 4.79 Å². The lowest BCUT2D eigenvalue weighted by atomic mass is 10.4. The van der Waals surface area contributed by atoms with Crippen LogP contribution in [0.25, 0.3) is 0 Å². The van der Waals surface area contributed by atoms with Gasteiger partial charge in [0.15, 0.2) is 0 Å². The average Bonchev–Trinajstić information content (AvgIpc) is 1.59. The quantitative estimate of drug-likeness (QED) is 0.623. The largest absolute Gasteiger partial charge is 0.348 e. The first-order valence-corrected chi connectivity index (χ1v) is 3.33. The van der Waals surface area contributed by atoms with Crippen LogP contribution < -0.4 is 5.32 Å². The molecule has 0 radical (unpaired) electrons. The van der Waals surface area contributed by atoms with Gasteiger partial charge in [0, 0.05) is 0 Å². The highest BCUT2D eigenvalue weighted by atomic mass is 127. The molecule has 9 heavy (non-hydrogen) atoms. The van der Waals surface area contributed by atoms with Crippen molar-refractivity contribution in [3.8, 4) is 0 Å². The van der Waals surface area contributed by atoms with Crippen molar-refractivity contribution < 1.29 is 9.59 Å². The summed E-state index contributed by atoms with van der Waals surface area (Å²) in [5.74, 6) is -0.278. The molecule has 1 heterocycles. The van der Waals surface area contributed by atoms with Crippen molar-refractivity contribution in [2.24, 2.45) is 4.99 Å². The molecule has 0 fully saturated rings. The van der Waals surface area contributed by atoms with Crippen LogP contribution in [0.3, 0.4) is 0 Å². The summed E-state index contributed by atoms with van der Waals surface area (Å²) in [6, 6.07) is -0.560. The molecule has 0 aromatic rings. The minimum Gasteiger partial charge on any atom is -0.276 e. The molecule has 1 rings (SSSR count). The minimum absolute atomic E-state index is 0.228. The molecule has 0 atom stereocenters. The third kappa shape index (κ3) is 1.74. The monoisotopic (exact) mass is 238 g/mol. The van der Waals surface area contributed by atoms with Gasteiger partial charge in [-0.2, -0.15) is 4.99 Å². The number of carbonyl (C=O) groups excluding carboxylic acids is 2. The molecule has 0 aliphatic carbocycles. The Labute approximate surface area is 64.9 Å². The summed E-state index contributed by atoms with van der Waals surface area (Å²) in [4.78, 5) is 24.3. The van der Waals surface area contributed by atoms with Crippen molar-refractivity contribution >= 4 is 38.2 Å². The second-order valence-corrected chi connectivity index (χ2v) is 2.76. The number of aliphatic imine (C=N–C) groups is 1. The zero-order chi connectivity index (χ0) is 6.85. The molecule has 0 saturated heterocycles. The Kier molecular flexibility index (Phi) is 1.79. The third-order valence-electron chi connectivity index (χ3n) is 0.776. The summed E-state index contributed by atoms with van der Waals surface area (Å²) in [6.07, 6.45) is 0.228. The number of imide groups is 1. The molecule has 0 aromatic heterocycles. The number of nitrogens with one attached hydrogen (secondary N) is 1. The Bertz CT molecular complexity index is 199. The standard InChI is InChI=1S/C4H3IN2O2/c5-2-1-3(8)7-4(9)6-2/h1H2,(H,7,8,9). The van der Waals surface area contributed by atoms with Gasteiger partial charge in [-0.25, -0.2) is 4.79 Å². The molecule has 3 amide bonds. The smallest absolute Gasteiger partial charge is 0.276 e. The topological polar surface area (TPSA) is 58.5 Å². The van der Waals surface area contributed by atoms with E-state index in [1.807, 2.05) is 27.9 Å². The summed E-state index contributed by atoms with van der Waals surface area (Å²) < 4.78 is 0.543. The highest BCUT2D eigenvalue weighted by molar-refractivity contribution is 14.1. The Morgan fingerprint density at radius 1 is 1.56 bits per heavy atom. The molecule has 4 nitrogen and oxygen atoms in total. The van der Waals surface area contributed by atoms with Gasteiger partial charge in [0.25, 0.3) is 0 Å². The molecule has 48 valence electrons. The van der Waals surface area contributed by atoms with E-state index in [0.29, 0.717) is 3.72 Å². The van der Waals surface area contributed by atoms with E-state index in [1.165, 1.54) is 0 Å². The van der Waals surface area contributed by atoms with Crippen LogP contribution in [-0.4, -0.2) is 15.7 Å². The SMILES string of the molecule is O=C1CC(I)=NC(=O)N1. The van der Waals surface area contributed by atoms with E-state index in [1.54, 1.807) is 0 Å². The predicted octanol–water partition coefficient (Wildman–Crippen LogP) is 0.460. The summed E-state index contributed by atoms with van der Waals surface area (Å²) in [6.45, 7) is 0. The van der Waals surface area contributed by atoms with Crippen molar-refractivity contribution in [1.29, 1.82) is 0 Å². The van der Waals surface area contributed by atoms with Gasteiger partial charge >= 0.3 is 6.03 Å². The number of amides is 3. The minimum atomic E-state index is -0.560. The first-order valence-electron chi connectivity index (χ1n) is 2.25. The fraction of sp³-hybridized carbons (Fsp3) is 0.250. The number of halogens is 1. The highest BCUT2D eigenvalue weighted by Gasteiger charge is 2.14. The maximum atomic E-state index is 10.5. The number of carbonyl (C=O) groups is 2. The number of nitrogens with zero attached hydrogens (tertiary/aromatic N) is 1. The van der Waals surface area contributed by atoms with Crippen LogP contribution in [0.15, 0.2) is 4.99 Å². The molecule has 5 heteroatoms. The van der Waals surface area contributed by atoms with Crippen molar-refractivity contribution in [2.45, 2.75) is 6.42 Å². The number of hydrogen-bond acceptors (Lipinski definition) is 2.